The molecule has 0 saturated carbocycles. The average Bonchev–Trinajstić information content (AvgIpc) is 1.81. The minimum Gasteiger partial charge on any atom is -0.269 e. The van der Waals surface area contributed by atoms with E-state index in [1.807, 2.05) is 0 Å². The van der Waals surface area contributed by atoms with Crippen molar-refractivity contribution >= 4 is 0 Å². The molecule has 154 valence electrons. The van der Waals surface area contributed by atoms with Crippen molar-refractivity contribution in [2.75, 3.05) is 0 Å². The number of rotatable bonds is 5. The van der Waals surface area contributed by atoms with E-state index in [9.17, 15) is 0 Å². The smallest absolute Gasteiger partial charge is 0.0533 e. The Labute approximate surface area is 115 Å². The van der Waals surface area contributed by atoms with Crippen LogP contribution in [0.25, 0.3) is 0 Å². The minimum atomic E-state index is 0. The largest absolute Gasteiger partial charge is 0.269 e. The van der Waals surface area contributed by atoms with Crippen LogP contribution in [0.3, 0.4) is 0 Å². The average molecular weight is 374 g/mol. The van der Waals surface area contributed by atoms with Gasteiger partial charge < -0.3 is 0 Å². The van der Waals surface area contributed by atoms with E-state index < -0.39 is 0 Å². The Kier molecular flexibility index (Phi) is 2270. The van der Waals surface area contributed by atoms with E-state index in [0.717, 1.165) is 0 Å². The zero-order chi connectivity index (χ0) is 6.24. The van der Waals surface area contributed by atoms with E-state index >= 15 is 0 Å². The van der Waals surface area contributed by atoms with Gasteiger partial charge in [-0.05, 0) is 0 Å². The molecule has 0 bridgehead atoms. The summed E-state index contributed by atoms with van der Waals surface area (Å²) in [5, 5.41) is 0. The normalized spacial score (nSPS) is 3.71. The van der Waals surface area contributed by atoms with Gasteiger partial charge in [0.15, 0.2) is 0 Å². The van der Waals surface area contributed by atoms with Gasteiger partial charge in [-0.15, -0.1) is 0 Å². The zero-order valence-electron chi connectivity index (χ0n) is 11.5. The fourth-order valence-electron chi connectivity index (χ4n) is 0.854. The van der Waals surface area contributed by atoms with Crippen molar-refractivity contribution in [1.29, 1.82) is 0 Å². The van der Waals surface area contributed by atoms with Crippen molar-refractivity contribution in [1.82, 2.24) is 0 Å². The maximum Gasteiger partial charge on any atom is -0.0533 e. The molecule has 0 nitrogen and oxygen atoms in total. The lowest BCUT2D eigenvalue weighted by Crippen LogP contribution is -1.73. The van der Waals surface area contributed by atoms with E-state index in [0.29, 0.717) is 0 Å². The van der Waals surface area contributed by atoms with Crippen molar-refractivity contribution in [3.05, 3.63) is 0 Å². The second-order valence-electron chi connectivity index (χ2n) is 2.41. The lowest BCUT2D eigenvalue weighted by molar-refractivity contribution is 0.624. The molecule has 13 heteroatoms. The van der Waals surface area contributed by atoms with Crippen LogP contribution in [-0.4, -0.2) is 0 Å². The fraction of sp³-hybridized carbons (Fsp3) is 1.00. The van der Waals surface area contributed by atoms with E-state index in [4.69, 9.17) is 0 Å². The van der Waals surface area contributed by atoms with E-state index in [1.54, 1.807) is 0 Å². The summed E-state index contributed by atoms with van der Waals surface area (Å²) in [5.41, 5.74) is 0. The molecule has 0 aromatic heterocycles. The van der Waals surface area contributed by atoms with E-state index in [1.165, 1.54) is 38.5 Å². The third kappa shape index (κ3) is 333. The van der Waals surface area contributed by atoms with Crippen LogP contribution in [-0.2, 0) is 0 Å². The van der Waals surface area contributed by atoms with Crippen molar-refractivity contribution in [3.63, 3.8) is 0 Å². The summed E-state index contributed by atoms with van der Waals surface area (Å²) in [6, 6.07) is 0. The van der Waals surface area contributed by atoms with Gasteiger partial charge in [0.05, 0.1) is 0 Å². The van der Waals surface area contributed by atoms with Gasteiger partial charge in [-0.2, -0.15) is 0 Å². The maximum atomic E-state index is 2.26. The van der Waals surface area contributed by atoms with Crippen LogP contribution in [0.2, 0.25) is 0 Å². The summed E-state index contributed by atoms with van der Waals surface area (Å²) in [5.74, 6) is 0. The highest BCUT2D eigenvalue weighted by Crippen LogP contribution is 2.03. The third-order valence-corrected chi connectivity index (χ3v) is 1.46. The Morgan fingerprint density at radius 2 is 0.429 bits per heavy atom. The molecule has 0 unspecified atom stereocenters. The zero-order valence-corrected chi connectivity index (χ0v) is 11.5. The van der Waals surface area contributed by atoms with Gasteiger partial charge in [-0.25, -0.2) is 0 Å². The van der Waals surface area contributed by atoms with Gasteiger partial charge in [0.25, 0.3) is 0 Å². The van der Waals surface area contributed by atoms with Crippen LogP contribution in [0.5, 0.6) is 0 Å². The van der Waals surface area contributed by atoms with Crippen LogP contribution in [0, 0.1) is 0 Å². The number of hydrogen-bond donors (Lipinski definition) is 0. The molecule has 0 aliphatic rings. The van der Waals surface area contributed by atoms with Gasteiger partial charge >= 0.3 is 0 Å². The highest BCUT2D eigenvalue weighted by molar-refractivity contribution is 4.39. The van der Waals surface area contributed by atoms with Crippen molar-refractivity contribution in [2.45, 2.75) is 52.4 Å². The molecule has 0 saturated heterocycles. The lowest BCUT2D eigenvalue weighted by Gasteiger charge is -1.93. The van der Waals surface area contributed by atoms with Gasteiger partial charge in [-0.1, -0.05) is 52.4 Å². The molecule has 0 aromatic rings. The Bertz CT molecular complexity index is 45.2. The molecule has 0 aliphatic heterocycles. The van der Waals surface area contributed by atoms with Gasteiger partial charge in [0.2, 0.25) is 0 Å². The molecule has 0 aliphatic carbocycles. The van der Waals surface area contributed by atoms with Crippen LogP contribution < -0.4 is 0 Å². The summed E-state index contributed by atoms with van der Waals surface area (Å²) in [6.07, 6.45) is 8.49. The first-order chi connectivity index (χ1) is 3.91. The number of hydrogen-bond acceptors (Lipinski definition) is 0. The van der Waals surface area contributed by atoms with E-state index in [-0.39, 0.29) is 61.2 Å². The topological polar surface area (TPSA) is 0 Å². The molecule has 0 atom stereocenters. The first-order valence-corrected chi connectivity index (χ1v) is 3.91. The Balaban J connectivity index is -0.00000000314. The monoisotopic (exact) mass is 374 g/mol. The van der Waals surface area contributed by atoms with Crippen LogP contribution >= 0.6 is 0 Å². The molecule has 0 spiro atoms. The summed E-state index contributed by atoms with van der Waals surface area (Å²) < 4.78 is 0. The highest BCUT2D eigenvalue weighted by atomic mass is 19.0. The predicted molar refractivity (Wildman–Crippen MR) is 71.6 cm³/mol. The van der Waals surface area contributed by atoms with Crippen LogP contribution in [0.4, 0.5) is 61.2 Å². The molecular weight excluding hydrogens is 343 g/mol. The number of halogens is 13. The summed E-state index contributed by atoms with van der Waals surface area (Å²) in [4.78, 5) is 0. The van der Waals surface area contributed by atoms with Crippen molar-refractivity contribution < 1.29 is 61.2 Å². The molecule has 0 radical (unpaired) electrons. The third-order valence-electron chi connectivity index (χ3n) is 1.46. The summed E-state index contributed by atoms with van der Waals surface area (Å²) in [6.45, 7) is 4.51. The predicted octanol–water partition coefficient (Wildman–Crippen LogP) is 5.35. The van der Waals surface area contributed by atoms with Crippen LogP contribution in [0.1, 0.15) is 52.4 Å². The summed E-state index contributed by atoms with van der Waals surface area (Å²) in [7, 11) is 0. The van der Waals surface area contributed by atoms with Gasteiger partial charge in [0.1, 0.15) is 0 Å². The minimum absolute atomic E-state index is 0. The molecule has 0 N–H and O–H groups in total. The molecular formula is C8H31F13. The summed E-state index contributed by atoms with van der Waals surface area (Å²) >= 11 is 0. The van der Waals surface area contributed by atoms with Gasteiger partial charge in [-0.3, -0.25) is 61.2 Å². The van der Waals surface area contributed by atoms with Gasteiger partial charge in [0, 0.05) is 0 Å². The molecule has 0 fully saturated rings. The van der Waals surface area contributed by atoms with E-state index in [2.05, 4.69) is 13.8 Å². The Hall–Kier alpha value is -0.910. The molecule has 0 amide bonds. The SMILES string of the molecule is CCCCCCCC.F.F.F.F.F.F.F.F.F.F.F.F.F. The second-order valence-corrected chi connectivity index (χ2v) is 2.41. The quantitative estimate of drug-likeness (QED) is 0.450. The van der Waals surface area contributed by atoms with Crippen LogP contribution in [0.15, 0.2) is 0 Å². The van der Waals surface area contributed by atoms with Crippen molar-refractivity contribution in [3.8, 4) is 0 Å². The van der Waals surface area contributed by atoms with Crippen molar-refractivity contribution in [2.24, 2.45) is 0 Å². The highest BCUT2D eigenvalue weighted by Gasteiger charge is 1.83. The Morgan fingerprint density at radius 1 is 0.286 bits per heavy atom. The standard InChI is InChI=1S/C8H18.13FH/c1-3-5-7-8-6-4-2;;;;;;;;;;;;;/h3-8H2,1-2H3;13*1H. The first-order valence-electron chi connectivity index (χ1n) is 3.91. The molecule has 0 heterocycles. The lowest BCUT2D eigenvalue weighted by atomic mass is 10.1. The first kappa shape index (κ1) is 197. The molecule has 0 rings (SSSR count). The molecule has 21 heavy (non-hydrogen) atoms. The molecule has 0 aromatic carbocycles. The number of unbranched alkanes of at least 4 members (excludes halogenated alkanes) is 5. The Morgan fingerprint density at radius 3 is 0.524 bits per heavy atom. The second kappa shape index (κ2) is 241. The fourth-order valence-corrected chi connectivity index (χ4v) is 0.854. The maximum absolute atomic E-state index is 2.26.